The van der Waals surface area contributed by atoms with Gasteiger partial charge in [-0.2, -0.15) is 0 Å². The molecule has 0 radical (unpaired) electrons. The molecule has 41 heavy (non-hydrogen) atoms. The Bertz CT molecular complexity index is 1490. The van der Waals surface area contributed by atoms with E-state index in [-0.39, 0.29) is 23.3 Å². The molecule has 0 aromatic heterocycles. The number of carbonyl (C=O) groups is 2. The first-order chi connectivity index (χ1) is 19.2. The number of anilines is 1. The average Bonchev–Trinajstić information content (AvgIpc) is 2.91. The lowest BCUT2D eigenvalue weighted by Crippen LogP contribution is -2.51. The van der Waals surface area contributed by atoms with Gasteiger partial charge in [-0.1, -0.05) is 72.9 Å². The van der Waals surface area contributed by atoms with Gasteiger partial charge in [-0.05, 0) is 75.1 Å². The Kier molecular flexibility index (Phi) is 10.9. The van der Waals surface area contributed by atoms with Gasteiger partial charge in [0.1, 0.15) is 12.6 Å². The predicted molar refractivity (Wildman–Crippen MR) is 166 cm³/mol. The molecular formula is C31H37Cl2N3O4S. The molecule has 0 aliphatic carbocycles. The highest BCUT2D eigenvalue weighted by Crippen LogP contribution is 2.30. The highest BCUT2D eigenvalue weighted by atomic mass is 35.5. The number of nitrogens with zero attached hydrogens (tertiary/aromatic N) is 2. The van der Waals surface area contributed by atoms with Gasteiger partial charge in [0.05, 0.1) is 10.6 Å². The summed E-state index contributed by atoms with van der Waals surface area (Å²) in [5.41, 5.74) is 3.35. The van der Waals surface area contributed by atoms with Crippen LogP contribution in [0.25, 0.3) is 0 Å². The molecule has 1 atom stereocenters. The highest BCUT2D eigenvalue weighted by molar-refractivity contribution is 7.92. The van der Waals surface area contributed by atoms with Crippen LogP contribution in [0.15, 0.2) is 65.6 Å². The predicted octanol–water partition coefficient (Wildman–Crippen LogP) is 6.30. The van der Waals surface area contributed by atoms with Crippen molar-refractivity contribution in [2.75, 3.05) is 17.4 Å². The van der Waals surface area contributed by atoms with E-state index >= 15 is 0 Å². The number of sulfonamides is 1. The molecule has 0 aliphatic heterocycles. The monoisotopic (exact) mass is 617 g/mol. The molecular weight excluding hydrogens is 581 g/mol. The van der Waals surface area contributed by atoms with E-state index in [2.05, 4.69) is 5.32 Å². The summed E-state index contributed by atoms with van der Waals surface area (Å²) in [6.45, 7) is 10.9. The van der Waals surface area contributed by atoms with Crippen molar-refractivity contribution in [2.45, 2.75) is 59.0 Å². The smallest absolute Gasteiger partial charge is 0.264 e. The van der Waals surface area contributed by atoms with Crippen LogP contribution in [0.3, 0.4) is 0 Å². The third-order valence-electron chi connectivity index (χ3n) is 6.97. The second-order valence-corrected chi connectivity index (χ2v) is 13.3. The molecule has 7 nitrogen and oxygen atoms in total. The molecule has 0 heterocycles. The van der Waals surface area contributed by atoms with Crippen molar-refractivity contribution in [1.82, 2.24) is 10.2 Å². The van der Waals surface area contributed by atoms with Crippen molar-refractivity contribution in [2.24, 2.45) is 5.92 Å². The molecule has 0 saturated heterocycles. The number of aryl methyl sites for hydroxylation is 2. The lowest BCUT2D eigenvalue weighted by atomic mass is 10.1. The summed E-state index contributed by atoms with van der Waals surface area (Å²) in [4.78, 5) is 28.7. The Morgan fingerprint density at radius 1 is 0.878 bits per heavy atom. The van der Waals surface area contributed by atoms with Gasteiger partial charge >= 0.3 is 0 Å². The maximum absolute atomic E-state index is 14.1. The fourth-order valence-electron chi connectivity index (χ4n) is 4.25. The zero-order valence-corrected chi connectivity index (χ0v) is 26.6. The van der Waals surface area contributed by atoms with Gasteiger partial charge in [0.25, 0.3) is 10.0 Å². The fraction of sp³-hybridized carbons (Fsp3) is 0.355. The SMILES string of the molecule is Cc1ccc(S(=O)(=O)N(CC(=O)N(Cc2c(Cl)cccc2Cl)[C@H](C)C(=O)NCC(C)C)c2cccc(C)c2C)cc1. The van der Waals surface area contributed by atoms with E-state index in [1.54, 1.807) is 49.4 Å². The summed E-state index contributed by atoms with van der Waals surface area (Å²) in [5.74, 6) is -0.743. The number of amides is 2. The summed E-state index contributed by atoms with van der Waals surface area (Å²) < 4.78 is 29.2. The summed E-state index contributed by atoms with van der Waals surface area (Å²) >= 11 is 12.9. The number of rotatable bonds is 11. The first-order valence-corrected chi connectivity index (χ1v) is 15.6. The van der Waals surface area contributed by atoms with Crippen molar-refractivity contribution >= 4 is 50.7 Å². The van der Waals surface area contributed by atoms with Crippen LogP contribution < -0.4 is 9.62 Å². The maximum Gasteiger partial charge on any atom is 0.264 e. The Morgan fingerprint density at radius 2 is 1.46 bits per heavy atom. The molecule has 0 fully saturated rings. The molecule has 3 rings (SSSR count). The summed E-state index contributed by atoms with van der Waals surface area (Å²) in [6.07, 6.45) is 0. The second kappa shape index (κ2) is 13.7. The Hall–Kier alpha value is -3.07. The van der Waals surface area contributed by atoms with Crippen LogP contribution in [0.5, 0.6) is 0 Å². The van der Waals surface area contributed by atoms with Crippen molar-refractivity contribution in [3.63, 3.8) is 0 Å². The van der Waals surface area contributed by atoms with Crippen LogP contribution in [-0.4, -0.2) is 44.3 Å². The van der Waals surface area contributed by atoms with Crippen LogP contribution in [0.1, 0.15) is 43.0 Å². The van der Waals surface area contributed by atoms with Gasteiger partial charge < -0.3 is 10.2 Å². The van der Waals surface area contributed by atoms with Gasteiger partial charge in [0.2, 0.25) is 11.8 Å². The van der Waals surface area contributed by atoms with E-state index in [1.807, 2.05) is 40.7 Å². The van der Waals surface area contributed by atoms with Crippen molar-refractivity contribution in [3.8, 4) is 0 Å². The van der Waals surface area contributed by atoms with Crippen molar-refractivity contribution in [3.05, 3.63) is 93.0 Å². The zero-order valence-electron chi connectivity index (χ0n) is 24.2. The maximum atomic E-state index is 14.1. The van der Waals surface area contributed by atoms with E-state index < -0.39 is 28.5 Å². The highest BCUT2D eigenvalue weighted by Gasteiger charge is 2.33. The van der Waals surface area contributed by atoms with Crippen LogP contribution in [-0.2, 0) is 26.2 Å². The van der Waals surface area contributed by atoms with E-state index in [1.165, 1.54) is 17.0 Å². The van der Waals surface area contributed by atoms with Crippen LogP contribution in [0, 0.1) is 26.7 Å². The largest absolute Gasteiger partial charge is 0.354 e. The van der Waals surface area contributed by atoms with E-state index in [4.69, 9.17) is 23.2 Å². The van der Waals surface area contributed by atoms with Crippen LogP contribution in [0.4, 0.5) is 5.69 Å². The number of carbonyl (C=O) groups excluding carboxylic acids is 2. The summed E-state index contributed by atoms with van der Waals surface area (Å²) in [7, 11) is -4.16. The Morgan fingerprint density at radius 3 is 2.05 bits per heavy atom. The molecule has 220 valence electrons. The second-order valence-electron chi connectivity index (χ2n) is 10.6. The number of halogens is 2. The standard InChI is InChI=1S/C31H37Cl2N3O4S/c1-20(2)17-34-31(38)24(6)35(18-26-27(32)10-8-11-28(26)33)30(37)19-36(29-12-7-9-22(4)23(29)5)41(39,40)25-15-13-21(3)14-16-25/h7-16,20,24H,17-19H2,1-6H3,(H,34,38)/t24-/m1/s1. The quantitative estimate of drug-likeness (QED) is 0.273. The molecule has 0 spiro atoms. The van der Waals surface area contributed by atoms with E-state index in [9.17, 15) is 18.0 Å². The summed E-state index contributed by atoms with van der Waals surface area (Å²) in [5, 5.41) is 3.54. The Balaban J connectivity index is 2.10. The third kappa shape index (κ3) is 7.82. The first kappa shape index (κ1) is 32.4. The third-order valence-corrected chi connectivity index (χ3v) is 9.46. The Labute approximate surface area is 253 Å². The minimum absolute atomic E-state index is 0.0558. The van der Waals surface area contributed by atoms with E-state index in [0.29, 0.717) is 27.8 Å². The van der Waals surface area contributed by atoms with Crippen LogP contribution in [0.2, 0.25) is 10.0 Å². The molecule has 3 aromatic rings. The minimum atomic E-state index is -4.16. The van der Waals surface area contributed by atoms with Crippen molar-refractivity contribution < 1.29 is 18.0 Å². The first-order valence-electron chi connectivity index (χ1n) is 13.4. The lowest BCUT2D eigenvalue weighted by molar-refractivity contribution is -0.139. The van der Waals surface area contributed by atoms with Crippen molar-refractivity contribution in [1.29, 1.82) is 0 Å². The van der Waals surface area contributed by atoms with Gasteiger partial charge in [0, 0.05) is 28.7 Å². The number of hydrogen-bond acceptors (Lipinski definition) is 4. The molecule has 1 N–H and O–H groups in total. The van der Waals surface area contributed by atoms with Gasteiger partial charge in [-0.15, -0.1) is 0 Å². The van der Waals surface area contributed by atoms with Gasteiger partial charge in [0.15, 0.2) is 0 Å². The summed E-state index contributed by atoms with van der Waals surface area (Å²) in [6, 6.07) is 15.8. The topological polar surface area (TPSA) is 86.8 Å². The molecule has 2 amide bonds. The molecule has 0 bridgehead atoms. The minimum Gasteiger partial charge on any atom is -0.354 e. The lowest BCUT2D eigenvalue weighted by Gasteiger charge is -2.33. The molecule has 10 heteroatoms. The van der Waals surface area contributed by atoms with Gasteiger partial charge in [-0.3, -0.25) is 13.9 Å². The molecule has 0 unspecified atom stereocenters. The zero-order chi connectivity index (χ0) is 30.5. The number of hydrogen-bond donors (Lipinski definition) is 1. The number of nitrogens with one attached hydrogen (secondary N) is 1. The molecule has 0 aliphatic rings. The normalized spacial score (nSPS) is 12.2. The number of benzene rings is 3. The molecule has 3 aromatic carbocycles. The average molecular weight is 619 g/mol. The fourth-order valence-corrected chi connectivity index (χ4v) is 6.23. The van der Waals surface area contributed by atoms with E-state index in [0.717, 1.165) is 21.0 Å². The van der Waals surface area contributed by atoms with Gasteiger partial charge in [-0.25, -0.2) is 8.42 Å². The molecule has 0 saturated carbocycles. The van der Waals surface area contributed by atoms with Crippen LogP contribution >= 0.6 is 23.2 Å².